The molecule has 3 fully saturated rings. The maximum Gasteiger partial charge on any atom is 0.230 e. The summed E-state index contributed by atoms with van der Waals surface area (Å²) < 4.78 is 10.6. The number of likely N-dealkylation sites (tertiary alicyclic amines) is 2. The number of nitrogens with zero attached hydrogens (tertiary/aromatic N) is 2. The van der Waals surface area contributed by atoms with E-state index in [4.69, 9.17) is 9.15 Å². The van der Waals surface area contributed by atoms with Crippen LogP contribution in [0.4, 0.5) is 0 Å². The van der Waals surface area contributed by atoms with Crippen molar-refractivity contribution in [3.63, 3.8) is 0 Å². The second kappa shape index (κ2) is 6.29. The van der Waals surface area contributed by atoms with Crippen molar-refractivity contribution in [2.45, 2.75) is 44.7 Å². The molecule has 1 aromatic heterocycles. The van der Waals surface area contributed by atoms with E-state index in [-0.39, 0.29) is 5.41 Å². The molecule has 1 aromatic rings. The molecule has 4 rings (SSSR count). The van der Waals surface area contributed by atoms with E-state index in [1.807, 2.05) is 12.3 Å². The van der Waals surface area contributed by atoms with Gasteiger partial charge in [0.2, 0.25) is 5.91 Å². The third kappa shape index (κ3) is 2.92. The van der Waals surface area contributed by atoms with Gasteiger partial charge < -0.3 is 14.1 Å². The summed E-state index contributed by atoms with van der Waals surface area (Å²) in [5.74, 6) is 0.408. The van der Waals surface area contributed by atoms with Gasteiger partial charge in [0, 0.05) is 44.5 Å². The maximum absolute atomic E-state index is 13.2. The Morgan fingerprint density at radius 1 is 1.22 bits per heavy atom. The predicted octanol–water partition coefficient (Wildman–Crippen LogP) is 2.27. The number of amides is 1. The number of carbonyl (C=O) groups excluding carboxylic acids is 1. The van der Waals surface area contributed by atoms with E-state index in [1.54, 1.807) is 6.26 Å². The van der Waals surface area contributed by atoms with Crippen LogP contribution >= 0.6 is 0 Å². The van der Waals surface area contributed by atoms with Gasteiger partial charge in [0.15, 0.2) is 0 Å². The van der Waals surface area contributed by atoms with Crippen molar-refractivity contribution < 1.29 is 13.9 Å². The predicted molar refractivity (Wildman–Crippen MR) is 85.8 cm³/mol. The largest absolute Gasteiger partial charge is 0.472 e. The van der Waals surface area contributed by atoms with Crippen molar-refractivity contribution >= 4 is 5.91 Å². The number of furan rings is 1. The second-order valence-electron chi connectivity index (χ2n) is 7.32. The van der Waals surface area contributed by atoms with Gasteiger partial charge >= 0.3 is 0 Å². The summed E-state index contributed by atoms with van der Waals surface area (Å²) in [5.41, 5.74) is 1.06. The lowest BCUT2D eigenvalue weighted by atomic mass is 9.77. The maximum atomic E-state index is 13.2. The van der Waals surface area contributed by atoms with E-state index in [9.17, 15) is 4.79 Å². The highest BCUT2D eigenvalue weighted by atomic mass is 16.5. The molecular formula is C18H26N2O3. The van der Waals surface area contributed by atoms with Crippen LogP contribution in [-0.2, 0) is 16.1 Å². The molecule has 0 aromatic carbocycles. The van der Waals surface area contributed by atoms with Crippen LogP contribution < -0.4 is 0 Å². The highest BCUT2D eigenvalue weighted by Gasteiger charge is 2.49. The standard InChI is InChI=1S/C18H26N2O3/c21-17-18(5-1-7-20(17)16-3-10-22-11-4-16)6-8-19(14-18)12-15-2-9-23-13-15/h2,9,13,16H,1,3-8,10-12,14H2. The molecule has 3 aliphatic rings. The average Bonchev–Trinajstić information content (AvgIpc) is 3.23. The summed E-state index contributed by atoms with van der Waals surface area (Å²) in [6.07, 6.45) is 8.72. The number of hydrogen-bond donors (Lipinski definition) is 0. The van der Waals surface area contributed by atoms with Crippen LogP contribution in [-0.4, -0.2) is 54.6 Å². The van der Waals surface area contributed by atoms with Crippen molar-refractivity contribution in [2.24, 2.45) is 5.41 Å². The summed E-state index contributed by atoms with van der Waals surface area (Å²) in [5, 5.41) is 0. The van der Waals surface area contributed by atoms with E-state index in [0.29, 0.717) is 11.9 Å². The van der Waals surface area contributed by atoms with Crippen LogP contribution in [0.15, 0.2) is 23.0 Å². The van der Waals surface area contributed by atoms with Crippen molar-refractivity contribution in [2.75, 3.05) is 32.8 Å². The van der Waals surface area contributed by atoms with Gasteiger partial charge in [0.1, 0.15) is 0 Å². The van der Waals surface area contributed by atoms with E-state index in [0.717, 1.165) is 71.5 Å². The number of ether oxygens (including phenoxy) is 1. The van der Waals surface area contributed by atoms with Crippen LogP contribution in [0.5, 0.6) is 0 Å². The summed E-state index contributed by atoms with van der Waals surface area (Å²) in [6, 6.07) is 2.42. The minimum atomic E-state index is -0.139. The lowest BCUT2D eigenvalue weighted by molar-refractivity contribution is -0.150. The number of carbonyl (C=O) groups is 1. The van der Waals surface area contributed by atoms with Gasteiger partial charge in [-0.05, 0) is 44.7 Å². The fraction of sp³-hybridized carbons (Fsp3) is 0.722. The normalized spacial score (nSPS) is 30.4. The number of rotatable bonds is 3. The highest BCUT2D eigenvalue weighted by Crippen LogP contribution is 2.41. The zero-order chi connectivity index (χ0) is 15.7. The van der Waals surface area contributed by atoms with Gasteiger partial charge in [-0.25, -0.2) is 0 Å². The van der Waals surface area contributed by atoms with E-state index >= 15 is 0 Å². The van der Waals surface area contributed by atoms with Gasteiger partial charge in [-0.3, -0.25) is 9.69 Å². The molecule has 126 valence electrons. The zero-order valence-electron chi connectivity index (χ0n) is 13.7. The summed E-state index contributed by atoms with van der Waals surface area (Å²) in [4.78, 5) is 17.8. The molecule has 1 amide bonds. The van der Waals surface area contributed by atoms with Crippen molar-refractivity contribution in [3.8, 4) is 0 Å². The molecule has 0 N–H and O–H groups in total. The SMILES string of the molecule is O=C1N(C2CCOCC2)CCCC12CCN(Cc1ccoc1)C2. The molecule has 3 aliphatic heterocycles. The first-order valence-electron chi connectivity index (χ1n) is 8.89. The minimum Gasteiger partial charge on any atom is -0.472 e. The van der Waals surface area contributed by atoms with E-state index in [1.165, 1.54) is 5.56 Å². The van der Waals surface area contributed by atoms with Crippen molar-refractivity contribution in [1.82, 2.24) is 9.80 Å². The van der Waals surface area contributed by atoms with Gasteiger partial charge in [-0.15, -0.1) is 0 Å². The molecule has 1 atom stereocenters. The Balaban J connectivity index is 1.44. The first-order valence-corrected chi connectivity index (χ1v) is 8.89. The molecule has 0 saturated carbocycles. The van der Waals surface area contributed by atoms with E-state index in [2.05, 4.69) is 9.80 Å². The van der Waals surface area contributed by atoms with Gasteiger partial charge in [-0.2, -0.15) is 0 Å². The molecule has 0 aliphatic carbocycles. The van der Waals surface area contributed by atoms with Crippen molar-refractivity contribution in [1.29, 1.82) is 0 Å². The zero-order valence-corrected chi connectivity index (χ0v) is 13.7. The quantitative estimate of drug-likeness (QED) is 0.858. The number of piperidine rings is 1. The molecular weight excluding hydrogens is 292 g/mol. The molecule has 1 spiro atoms. The van der Waals surface area contributed by atoms with Gasteiger partial charge in [0.05, 0.1) is 17.9 Å². The molecule has 23 heavy (non-hydrogen) atoms. The molecule has 5 heteroatoms. The molecule has 1 unspecified atom stereocenters. The van der Waals surface area contributed by atoms with Crippen LogP contribution in [0.2, 0.25) is 0 Å². The first-order chi connectivity index (χ1) is 11.3. The Hall–Kier alpha value is -1.33. The molecule has 5 nitrogen and oxygen atoms in total. The van der Waals surface area contributed by atoms with Crippen molar-refractivity contribution in [3.05, 3.63) is 24.2 Å². The lowest BCUT2D eigenvalue weighted by Gasteiger charge is -2.44. The third-order valence-electron chi connectivity index (χ3n) is 5.82. The Morgan fingerprint density at radius 3 is 2.87 bits per heavy atom. The molecule has 3 saturated heterocycles. The van der Waals surface area contributed by atoms with Crippen LogP contribution in [0.1, 0.15) is 37.7 Å². The molecule has 0 radical (unpaired) electrons. The summed E-state index contributed by atoms with van der Waals surface area (Å²) >= 11 is 0. The van der Waals surface area contributed by atoms with E-state index < -0.39 is 0 Å². The topological polar surface area (TPSA) is 45.9 Å². The minimum absolute atomic E-state index is 0.139. The monoisotopic (exact) mass is 318 g/mol. The molecule has 0 bridgehead atoms. The second-order valence-corrected chi connectivity index (χ2v) is 7.32. The summed E-state index contributed by atoms with van der Waals surface area (Å²) in [7, 11) is 0. The number of hydrogen-bond acceptors (Lipinski definition) is 4. The molecule has 4 heterocycles. The highest BCUT2D eigenvalue weighted by molar-refractivity contribution is 5.84. The lowest BCUT2D eigenvalue weighted by Crippen LogP contribution is -2.54. The Bertz CT molecular complexity index is 538. The van der Waals surface area contributed by atoms with Gasteiger partial charge in [0.25, 0.3) is 0 Å². The smallest absolute Gasteiger partial charge is 0.230 e. The Labute approximate surface area is 137 Å². The average molecular weight is 318 g/mol. The van der Waals surface area contributed by atoms with Crippen LogP contribution in [0.25, 0.3) is 0 Å². The van der Waals surface area contributed by atoms with Crippen LogP contribution in [0.3, 0.4) is 0 Å². The first kappa shape index (κ1) is 15.2. The third-order valence-corrected chi connectivity index (χ3v) is 5.82. The Morgan fingerprint density at radius 2 is 2.09 bits per heavy atom. The summed E-state index contributed by atoms with van der Waals surface area (Å²) in [6.45, 7) is 5.34. The van der Waals surface area contributed by atoms with Gasteiger partial charge in [-0.1, -0.05) is 0 Å². The fourth-order valence-corrected chi connectivity index (χ4v) is 4.56. The fourth-order valence-electron chi connectivity index (χ4n) is 4.56. The van der Waals surface area contributed by atoms with Crippen LogP contribution in [0, 0.1) is 5.41 Å². The Kier molecular flexibility index (Phi) is 4.16.